The maximum atomic E-state index is 13.5. The first kappa shape index (κ1) is 15.8. The van der Waals surface area contributed by atoms with Crippen molar-refractivity contribution in [2.24, 2.45) is 0 Å². The van der Waals surface area contributed by atoms with Gasteiger partial charge in [0.2, 0.25) is 0 Å². The molecule has 0 spiro atoms. The maximum Gasteiger partial charge on any atom is 0.178 e. The van der Waals surface area contributed by atoms with Gasteiger partial charge in [-0.2, -0.15) is 0 Å². The molecule has 22 heavy (non-hydrogen) atoms. The summed E-state index contributed by atoms with van der Waals surface area (Å²) < 4.78 is 56.4. The lowest BCUT2D eigenvalue weighted by Gasteiger charge is -2.27. The van der Waals surface area contributed by atoms with Gasteiger partial charge in [-0.1, -0.05) is 0 Å². The van der Waals surface area contributed by atoms with Gasteiger partial charge < -0.3 is 10.1 Å². The minimum atomic E-state index is -3.53. The van der Waals surface area contributed by atoms with E-state index >= 15 is 0 Å². The number of halogens is 2. The fraction of sp³-hybridized carbons (Fsp3) is 0.600. The molecule has 1 aromatic rings. The van der Waals surface area contributed by atoms with Crippen molar-refractivity contribution in [2.75, 3.05) is 18.9 Å². The van der Waals surface area contributed by atoms with Crippen LogP contribution in [0.5, 0.6) is 0 Å². The summed E-state index contributed by atoms with van der Waals surface area (Å²) in [6, 6.07) is 1.54. The van der Waals surface area contributed by atoms with Crippen LogP contribution < -0.4 is 5.32 Å². The van der Waals surface area contributed by atoms with Crippen molar-refractivity contribution in [3.05, 3.63) is 29.3 Å². The van der Waals surface area contributed by atoms with Crippen LogP contribution >= 0.6 is 0 Å². The molecule has 1 aromatic carbocycles. The summed E-state index contributed by atoms with van der Waals surface area (Å²) in [5.41, 5.74) is 0.331. The molecule has 0 saturated carbocycles. The van der Waals surface area contributed by atoms with Crippen LogP contribution in [-0.4, -0.2) is 33.4 Å². The molecule has 1 fully saturated rings. The number of sulfone groups is 1. The lowest BCUT2D eigenvalue weighted by atomic mass is 10.0. The highest BCUT2D eigenvalue weighted by Crippen LogP contribution is 2.33. The predicted molar refractivity (Wildman–Crippen MR) is 77.4 cm³/mol. The third-order valence-corrected chi connectivity index (χ3v) is 6.12. The van der Waals surface area contributed by atoms with Crippen molar-refractivity contribution in [1.29, 1.82) is 0 Å². The zero-order valence-corrected chi connectivity index (χ0v) is 13.0. The van der Waals surface area contributed by atoms with Gasteiger partial charge in [-0.25, -0.2) is 17.2 Å². The van der Waals surface area contributed by atoms with E-state index < -0.39 is 21.5 Å². The number of hydrogen-bond donors (Lipinski definition) is 1. The summed E-state index contributed by atoms with van der Waals surface area (Å²) >= 11 is 0. The standard InChI is InChI=1S/C15H19F2NO3S/c16-12-8-11-14(18-5-3-10-2-1-6-21-10)4-7-22(19,20)15(11)9-13(12)17/h8-10,14,18H,1-7H2. The summed E-state index contributed by atoms with van der Waals surface area (Å²) in [5.74, 6) is -2.19. The Bertz CT molecular complexity index is 657. The van der Waals surface area contributed by atoms with Crippen LogP contribution in [0.25, 0.3) is 0 Å². The van der Waals surface area contributed by atoms with Crippen LogP contribution in [0.2, 0.25) is 0 Å². The van der Waals surface area contributed by atoms with Crippen molar-refractivity contribution < 1.29 is 21.9 Å². The molecule has 2 unspecified atom stereocenters. The van der Waals surface area contributed by atoms with Crippen molar-refractivity contribution in [3.63, 3.8) is 0 Å². The van der Waals surface area contributed by atoms with Gasteiger partial charge in [0, 0.05) is 12.6 Å². The Morgan fingerprint density at radius 3 is 2.73 bits per heavy atom. The van der Waals surface area contributed by atoms with E-state index in [1.54, 1.807) is 0 Å². The van der Waals surface area contributed by atoms with E-state index in [0.29, 0.717) is 18.5 Å². The van der Waals surface area contributed by atoms with E-state index in [4.69, 9.17) is 4.74 Å². The van der Waals surface area contributed by atoms with Gasteiger partial charge in [0.05, 0.1) is 16.8 Å². The Morgan fingerprint density at radius 2 is 2.00 bits per heavy atom. The Kier molecular flexibility index (Phi) is 4.47. The third kappa shape index (κ3) is 3.16. The van der Waals surface area contributed by atoms with Crippen molar-refractivity contribution in [2.45, 2.75) is 42.7 Å². The van der Waals surface area contributed by atoms with Crippen LogP contribution in [0.15, 0.2) is 17.0 Å². The Balaban J connectivity index is 1.75. The number of nitrogens with one attached hydrogen (secondary N) is 1. The molecule has 2 aliphatic rings. The molecule has 0 bridgehead atoms. The van der Waals surface area contributed by atoms with Gasteiger partial charge >= 0.3 is 0 Å². The monoisotopic (exact) mass is 331 g/mol. The molecular weight excluding hydrogens is 312 g/mol. The fourth-order valence-electron chi connectivity index (χ4n) is 3.13. The van der Waals surface area contributed by atoms with E-state index in [0.717, 1.165) is 38.0 Å². The molecule has 2 heterocycles. The lowest BCUT2D eigenvalue weighted by molar-refractivity contribution is 0.103. The molecule has 0 radical (unpaired) electrons. The van der Waals surface area contributed by atoms with E-state index in [9.17, 15) is 17.2 Å². The van der Waals surface area contributed by atoms with Gasteiger partial charge in [0.1, 0.15) is 0 Å². The summed E-state index contributed by atoms with van der Waals surface area (Å²) in [7, 11) is -3.53. The Morgan fingerprint density at radius 1 is 1.23 bits per heavy atom. The largest absolute Gasteiger partial charge is 0.378 e. The molecule has 0 amide bonds. The second kappa shape index (κ2) is 6.22. The van der Waals surface area contributed by atoms with E-state index in [1.807, 2.05) is 0 Å². The smallest absolute Gasteiger partial charge is 0.178 e. The van der Waals surface area contributed by atoms with Crippen LogP contribution in [0.1, 0.15) is 37.3 Å². The first-order chi connectivity index (χ1) is 10.5. The maximum absolute atomic E-state index is 13.5. The highest BCUT2D eigenvalue weighted by Gasteiger charge is 2.31. The highest BCUT2D eigenvalue weighted by molar-refractivity contribution is 7.91. The van der Waals surface area contributed by atoms with Crippen LogP contribution in [0.3, 0.4) is 0 Å². The minimum absolute atomic E-state index is 0.0529. The predicted octanol–water partition coefficient (Wildman–Crippen LogP) is 2.34. The Hall–Kier alpha value is -1.05. The van der Waals surface area contributed by atoms with Gasteiger partial charge in [0.25, 0.3) is 0 Å². The average molecular weight is 331 g/mol. The fourth-order valence-corrected chi connectivity index (χ4v) is 4.74. The molecule has 2 atom stereocenters. The molecule has 7 heteroatoms. The molecule has 0 aromatic heterocycles. The van der Waals surface area contributed by atoms with Crippen LogP contribution in [0.4, 0.5) is 8.78 Å². The number of fused-ring (bicyclic) bond motifs is 1. The summed E-state index contributed by atoms with van der Waals surface area (Å²) in [6.45, 7) is 1.45. The molecule has 122 valence electrons. The van der Waals surface area contributed by atoms with Crippen molar-refractivity contribution >= 4 is 9.84 Å². The van der Waals surface area contributed by atoms with Crippen LogP contribution in [-0.2, 0) is 14.6 Å². The van der Waals surface area contributed by atoms with E-state index in [2.05, 4.69) is 5.32 Å². The first-order valence-corrected chi connectivity index (χ1v) is 9.19. The van der Waals surface area contributed by atoms with Gasteiger partial charge in [-0.05, 0) is 49.9 Å². The molecule has 0 aliphatic carbocycles. The molecular formula is C15H19F2NO3S. The molecule has 2 aliphatic heterocycles. The quantitative estimate of drug-likeness (QED) is 0.861. The molecule has 4 nitrogen and oxygen atoms in total. The molecule has 3 rings (SSSR count). The summed E-state index contributed by atoms with van der Waals surface area (Å²) in [6.07, 6.45) is 3.55. The highest BCUT2D eigenvalue weighted by atomic mass is 32.2. The topological polar surface area (TPSA) is 55.4 Å². The second-order valence-corrected chi connectivity index (χ2v) is 7.92. The summed E-state index contributed by atoms with van der Waals surface area (Å²) in [4.78, 5) is -0.0905. The molecule has 1 N–H and O–H groups in total. The number of rotatable bonds is 4. The van der Waals surface area contributed by atoms with E-state index in [-0.39, 0.29) is 22.8 Å². The SMILES string of the molecule is O=S1(=O)CCC(NCCC2CCCO2)c2cc(F)c(F)cc21. The zero-order chi connectivity index (χ0) is 15.7. The number of ether oxygens (including phenoxy) is 1. The minimum Gasteiger partial charge on any atom is -0.378 e. The van der Waals surface area contributed by atoms with E-state index in [1.165, 1.54) is 0 Å². The Labute approximate surface area is 128 Å². The van der Waals surface area contributed by atoms with Gasteiger partial charge in [-0.3, -0.25) is 0 Å². The average Bonchev–Trinajstić information content (AvgIpc) is 2.97. The van der Waals surface area contributed by atoms with Crippen LogP contribution in [0, 0.1) is 11.6 Å². The second-order valence-electron chi connectivity index (χ2n) is 5.84. The summed E-state index contributed by atoms with van der Waals surface area (Å²) in [5, 5.41) is 3.26. The normalized spacial score (nSPS) is 26.8. The third-order valence-electron chi connectivity index (χ3n) is 4.32. The van der Waals surface area contributed by atoms with Crippen molar-refractivity contribution in [3.8, 4) is 0 Å². The number of benzene rings is 1. The lowest BCUT2D eigenvalue weighted by Crippen LogP contribution is -2.32. The number of hydrogen-bond acceptors (Lipinski definition) is 4. The zero-order valence-electron chi connectivity index (χ0n) is 12.1. The van der Waals surface area contributed by atoms with Crippen molar-refractivity contribution in [1.82, 2.24) is 5.32 Å². The van der Waals surface area contributed by atoms with Gasteiger partial charge in [0.15, 0.2) is 21.5 Å². The first-order valence-electron chi connectivity index (χ1n) is 7.54. The molecule has 1 saturated heterocycles. The van der Waals surface area contributed by atoms with Gasteiger partial charge in [-0.15, -0.1) is 0 Å².